The minimum atomic E-state index is -0.833. The second-order valence-corrected chi connectivity index (χ2v) is 9.49. The first-order valence-corrected chi connectivity index (χ1v) is 11.9. The maximum atomic E-state index is 13.5. The van der Waals surface area contributed by atoms with Gasteiger partial charge in [0.25, 0.3) is 23.0 Å². The number of piperidine rings is 2. The van der Waals surface area contributed by atoms with Gasteiger partial charge in [-0.15, -0.1) is 0 Å². The van der Waals surface area contributed by atoms with Gasteiger partial charge in [0.1, 0.15) is 5.56 Å². The number of rotatable bonds is 2. The standard InChI is InChI=1S/C23H28N4O3.C2H4O2/c1-15-7-10-26(18-5-8-24-9-6-18)23(30)21(15)22(29)25-12-16-11-17(14-25)19-3-2-4-20(28)27(19)13-16;1-2(3)4/h2-4,7,10,16-18,24H,5-6,8-9,11-14H2,1H3;1H3,(H,3,4)/t16-,17+;/m0./s1. The number of pyridine rings is 2. The third-order valence-electron chi connectivity index (χ3n) is 7.01. The molecule has 0 saturated carbocycles. The maximum absolute atomic E-state index is 13.5. The van der Waals surface area contributed by atoms with Crippen LogP contribution in [0.4, 0.5) is 0 Å². The molecule has 2 N–H and O–H groups in total. The van der Waals surface area contributed by atoms with Crippen LogP contribution in [0.2, 0.25) is 0 Å². The molecule has 5 heterocycles. The molecule has 34 heavy (non-hydrogen) atoms. The van der Waals surface area contributed by atoms with E-state index in [1.165, 1.54) is 0 Å². The summed E-state index contributed by atoms with van der Waals surface area (Å²) in [5, 5.41) is 10.7. The molecule has 9 heteroatoms. The predicted molar refractivity (Wildman–Crippen MR) is 127 cm³/mol. The molecule has 0 spiro atoms. The Kier molecular flexibility index (Phi) is 7.02. The summed E-state index contributed by atoms with van der Waals surface area (Å²) in [4.78, 5) is 49.9. The fourth-order valence-electron chi connectivity index (χ4n) is 5.49. The largest absolute Gasteiger partial charge is 0.481 e. The van der Waals surface area contributed by atoms with Crippen LogP contribution in [0.15, 0.2) is 40.1 Å². The number of fused-ring (bicyclic) bond motifs is 4. The summed E-state index contributed by atoms with van der Waals surface area (Å²) in [7, 11) is 0. The number of carboxylic acids is 1. The Balaban J connectivity index is 0.000000636. The molecule has 0 aliphatic carbocycles. The average molecular weight is 469 g/mol. The lowest BCUT2D eigenvalue weighted by atomic mass is 9.83. The third kappa shape index (κ3) is 4.84. The topological polar surface area (TPSA) is 114 Å². The van der Waals surface area contributed by atoms with Gasteiger partial charge >= 0.3 is 0 Å². The number of nitrogens with one attached hydrogen (secondary N) is 1. The van der Waals surface area contributed by atoms with Crippen LogP contribution in [0, 0.1) is 12.8 Å². The van der Waals surface area contributed by atoms with Gasteiger partial charge in [0.05, 0.1) is 0 Å². The lowest BCUT2D eigenvalue weighted by molar-refractivity contribution is -0.134. The van der Waals surface area contributed by atoms with Crippen LogP contribution in [0.5, 0.6) is 0 Å². The van der Waals surface area contributed by atoms with Crippen molar-refractivity contribution in [3.63, 3.8) is 0 Å². The van der Waals surface area contributed by atoms with E-state index in [1.807, 2.05) is 34.7 Å². The van der Waals surface area contributed by atoms with Crippen molar-refractivity contribution in [2.45, 2.75) is 51.6 Å². The van der Waals surface area contributed by atoms with Crippen molar-refractivity contribution >= 4 is 11.9 Å². The van der Waals surface area contributed by atoms with Gasteiger partial charge in [0, 0.05) is 56.5 Å². The Morgan fingerprint density at radius 2 is 1.76 bits per heavy atom. The van der Waals surface area contributed by atoms with Crippen LogP contribution in [0.3, 0.4) is 0 Å². The number of likely N-dealkylation sites (tertiary alicyclic amines) is 1. The van der Waals surface area contributed by atoms with Crippen molar-refractivity contribution in [2.75, 3.05) is 26.2 Å². The molecular weight excluding hydrogens is 436 g/mol. The third-order valence-corrected chi connectivity index (χ3v) is 7.01. The molecule has 5 rings (SSSR count). The Labute approximate surface area is 198 Å². The molecule has 9 nitrogen and oxygen atoms in total. The molecule has 0 aromatic carbocycles. The summed E-state index contributed by atoms with van der Waals surface area (Å²) in [5.41, 5.74) is 1.92. The second-order valence-electron chi connectivity index (χ2n) is 9.49. The highest BCUT2D eigenvalue weighted by Gasteiger charge is 2.37. The number of aromatic nitrogens is 2. The minimum absolute atomic E-state index is 0.0331. The molecule has 0 unspecified atom stereocenters. The van der Waals surface area contributed by atoms with E-state index >= 15 is 0 Å². The molecule has 182 valence electrons. The van der Waals surface area contributed by atoms with Crippen molar-refractivity contribution in [3.05, 3.63) is 68.0 Å². The fourth-order valence-corrected chi connectivity index (χ4v) is 5.49. The first kappa shape index (κ1) is 23.9. The minimum Gasteiger partial charge on any atom is -0.481 e. The summed E-state index contributed by atoms with van der Waals surface area (Å²) >= 11 is 0. The molecule has 0 radical (unpaired) electrons. The van der Waals surface area contributed by atoms with E-state index in [2.05, 4.69) is 5.32 Å². The summed E-state index contributed by atoms with van der Waals surface area (Å²) < 4.78 is 3.62. The molecule has 3 aliphatic rings. The van der Waals surface area contributed by atoms with E-state index in [1.54, 1.807) is 16.7 Å². The van der Waals surface area contributed by atoms with Gasteiger partial charge in [-0.25, -0.2) is 0 Å². The van der Waals surface area contributed by atoms with E-state index in [0.29, 0.717) is 25.2 Å². The monoisotopic (exact) mass is 468 g/mol. The normalized spacial score (nSPS) is 21.8. The number of nitrogens with zero attached hydrogens (tertiary/aromatic N) is 3. The maximum Gasteiger partial charge on any atom is 0.300 e. The van der Waals surface area contributed by atoms with Crippen LogP contribution in [-0.4, -0.2) is 57.2 Å². The highest BCUT2D eigenvalue weighted by atomic mass is 16.4. The molecule has 2 aromatic rings. The van der Waals surface area contributed by atoms with Gasteiger partial charge in [-0.05, 0) is 62.9 Å². The molecule has 2 bridgehead atoms. The molecule has 2 aromatic heterocycles. The van der Waals surface area contributed by atoms with E-state index in [0.717, 1.165) is 50.5 Å². The van der Waals surface area contributed by atoms with Crippen LogP contribution >= 0.6 is 0 Å². The molecule has 3 aliphatic heterocycles. The number of amides is 1. The number of aryl methyl sites for hydroxylation is 1. The van der Waals surface area contributed by atoms with Crippen LogP contribution in [0.25, 0.3) is 0 Å². The lowest BCUT2D eigenvalue weighted by Gasteiger charge is -2.42. The Morgan fingerprint density at radius 3 is 2.47 bits per heavy atom. The van der Waals surface area contributed by atoms with Gasteiger partial charge in [-0.1, -0.05) is 6.07 Å². The number of carbonyl (C=O) groups is 2. The lowest BCUT2D eigenvalue weighted by Crippen LogP contribution is -2.50. The SMILES string of the molecule is CC(=O)O.Cc1ccn(C2CCNCC2)c(=O)c1C(=O)N1C[C@@H]2C[C@H](C1)c1cccc(=O)n1C2. The number of carboxylic acid groups (broad SMARTS) is 1. The van der Waals surface area contributed by atoms with E-state index in [4.69, 9.17) is 9.90 Å². The van der Waals surface area contributed by atoms with Crippen molar-refractivity contribution in [1.82, 2.24) is 19.4 Å². The van der Waals surface area contributed by atoms with E-state index < -0.39 is 5.97 Å². The summed E-state index contributed by atoms with van der Waals surface area (Å²) in [5.74, 6) is -0.607. The summed E-state index contributed by atoms with van der Waals surface area (Å²) in [6.07, 6.45) is 4.63. The summed E-state index contributed by atoms with van der Waals surface area (Å²) in [6.45, 7) is 6.51. The number of aliphatic carboxylic acids is 1. The van der Waals surface area contributed by atoms with Crippen LogP contribution in [-0.2, 0) is 11.3 Å². The van der Waals surface area contributed by atoms with Crippen molar-refractivity contribution in [2.24, 2.45) is 5.92 Å². The number of hydrogen-bond acceptors (Lipinski definition) is 5. The Morgan fingerprint density at radius 1 is 1.06 bits per heavy atom. The van der Waals surface area contributed by atoms with Gasteiger partial charge in [0.2, 0.25) is 0 Å². The quantitative estimate of drug-likeness (QED) is 0.692. The molecule has 2 atom stereocenters. The van der Waals surface area contributed by atoms with Crippen molar-refractivity contribution in [3.8, 4) is 0 Å². The molecular formula is C25H32N4O5. The van der Waals surface area contributed by atoms with Gasteiger partial charge in [-0.2, -0.15) is 0 Å². The Hall–Kier alpha value is -3.20. The zero-order chi connectivity index (χ0) is 24.4. The first-order chi connectivity index (χ1) is 16.3. The van der Waals surface area contributed by atoms with E-state index in [-0.39, 0.29) is 34.9 Å². The van der Waals surface area contributed by atoms with Crippen LogP contribution in [0.1, 0.15) is 59.8 Å². The highest BCUT2D eigenvalue weighted by molar-refractivity contribution is 5.95. The number of carbonyl (C=O) groups excluding carboxylic acids is 1. The average Bonchev–Trinajstić information content (AvgIpc) is 2.80. The summed E-state index contributed by atoms with van der Waals surface area (Å²) in [6, 6.07) is 7.44. The Bertz CT molecular complexity index is 1190. The predicted octanol–water partition coefficient (Wildman–Crippen LogP) is 1.59. The van der Waals surface area contributed by atoms with Crippen molar-refractivity contribution < 1.29 is 14.7 Å². The zero-order valence-electron chi connectivity index (χ0n) is 19.7. The molecule has 2 saturated heterocycles. The van der Waals surface area contributed by atoms with Crippen LogP contribution < -0.4 is 16.4 Å². The number of hydrogen-bond donors (Lipinski definition) is 2. The van der Waals surface area contributed by atoms with Crippen molar-refractivity contribution in [1.29, 1.82) is 0 Å². The molecule has 1 amide bonds. The van der Waals surface area contributed by atoms with Gasteiger partial charge < -0.3 is 24.5 Å². The zero-order valence-corrected chi connectivity index (χ0v) is 19.7. The first-order valence-electron chi connectivity index (χ1n) is 11.9. The molecule has 2 fully saturated rings. The fraction of sp³-hybridized carbons (Fsp3) is 0.520. The van der Waals surface area contributed by atoms with Gasteiger partial charge in [-0.3, -0.25) is 19.2 Å². The van der Waals surface area contributed by atoms with Gasteiger partial charge in [0.15, 0.2) is 0 Å². The highest BCUT2D eigenvalue weighted by Crippen LogP contribution is 2.35. The second kappa shape index (κ2) is 9.97. The smallest absolute Gasteiger partial charge is 0.300 e. The van der Waals surface area contributed by atoms with E-state index in [9.17, 15) is 14.4 Å².